The molecule has 9 nitrogen and oxygen atoms in total. The molecule has 12 heteroatoms. The van der Waals surface area contributed by atoms with E-state index in [2.05, 4.69) is 20.6 Å². The topological polar surface area (TPSA) is 121 Å². The molecule has 3 heterocycles. The van der Waals surface area contributed by atoms with E-state index in [0.29, 0.717) is 33.2 Å². The normalized spacial score (nSPS) is 17.5. The van der Waals surface area contributed by atoms with Crippen LogP contribution in [0.15, 0.2) is 67.1 Å². The van der Waals surface area contributed by atoms with E-state index in [0.717, 1.165) is 12.1 Å². The van der Waals surface area contributed by atoms with E-state index < -0.39 is 29.2 Å². The maximum absolute atomic E-state index is 13.5. The third kappa shape index (κ3) is 3.92. The highest BCUT2D eigenvalue weighted by atomic mass is 19.4. The summed E-state index contributed by atoms with van der Waals surface area (Å²) in [5, 5.41) is 17.0. The van der Waals surface area contributed by atoms with E-state index >= 15 is 0 Å². The number of methoxy groups -OCH3 is 1. The molecule has 5 aromatic rings. The van der Waals surface area contributed by atoms with Crippen molar-refractivity contribution in [1.82, 2.24) is 25.2 Å². The number of carbonyl (C=O) groups excluding carboxylic acids is 2. The number of urea groups is 1. The van der Waals surface area contributed by atoms with E-state index in [1.165, 1.54) is 18.0 Å². The number of hydrogen-bond acceptors (Lipinski definition) is 5. The molecule has 4 N–H and O–H groups in total. The second-order valence-electron chi connectivity index (χ2n) is 9.24. The minimum absolute atomic E-state index is 0.126. The predicted octanol–water partition coefficient (Wildman–Crippen LogP) is 4.65. The van der Waals surface area contributed by atoms with Crippen molar-refractivity contribution in [3.8, 4) is 22.8 Å². The molecular weight excluding hydrogens is 515 g/mol. The Balaban J connectivity index is 1.43. The summed E-state index contributed by atoms with van der Waals surface area (Å²) in [6.07, 6.45) is -1.59. The zero-order chi connectivity index (χ0) is 27.5. The average molecular weight is 535 g/mol. The van der Waals surface area contributed by atoms with Gasteiger partial charge < -0.3 is 24.7 Å². The molecule has 0 saturated carbocycles. The van der Waals surface area contributed by atoms with Crippen LogP contribution in [0.4, 0.5) is 18.0 Å². The van der Waals surface area contributed by atoms with Gasteiger partial charge in [0.05, 0.1) is 36.6 Å². The van der Waals surface area contributed by atoms with Crippen LogP contribution in [0.5, 0.6) is 11.6 Å². The monoisotopic (exact) mass is 535 g/mol. The summed E-state index contributed by atoms with van der Waals surface area (Å²) in [5.41, 5.74) is -0.778. The number of aromatic hydroxyl groups is 1. The number of fused-ring (bicyclic) bond motifs is 2. The summed E-state index contributed by atoms with van der Waals surface area (Å²) in [6, 6.07) is 12.7. The molecule has 198 valence electrons. The largest absolute Gasteiger partial charge is 0.497 e. The number of aromatic amines is 1. The van der Waals surface area contributed by atoms with Crippen LogP contribution in [0.25, 0.3) is 32.9 Å². The van der Waals surface area contributed by atoms with Gasteiger partial charge in [0, 0.05) is 22.5 Å². The van der Waals surface area contributed by atoms with Crippen LogP contribution in [0.1, 0.15) is 11.1 Å². The van der Waals surface area contributed by atoms with E-state index in [4.69, 9.17) is 4.74 Å². The Hall–Kier alpha value is -5.00. The Morgan fingerprint density at radius 1 is 1.08 bits per heavy atom. The van der Waals surface area contributed by atoms with E-state index in [1.807, 2.05) is 0 Å². The maximum Gasteiger partial charge on any atom is 0.416 e. The maximum atomic E-state index is 13.5. The molecule has 0 unspecified atom stereocenters. The Bertz CT molecular complexity index is 1770. The molecule has 2 aromatic heterocycles. The van der Waals surface area contributed by atoms with Crippen molar-refractivity contribution in [3.05, 3.63) is 78.2 Å². The standard InChI is InChI=1S/C27H20F3N5O4/c1-39-18-7-4-15-11-35(23(36)20(15)10-18)12-26(24(37)33-25(38)34-26)16-5-2-14(3-6-16)19-8-17(27(28,29)30)9-21-22(19)32-13-31-21/h2-11,13,36H,12H2,1H3,(H,31,32)(H2,33,34,37,38)/t26-/m0/s1. The summed E-state index contributed by atoms with van der Waals surface area (Å²) in [5.74, 6) is -0.226. The fourth-order valence-corrected chi connectivity index (χ4v) is 4.99. The van der Waals surface area contributed by atoms with Crippen LogP contribution >= 0.6 is 0 Å². The number of benzene rings is 3. The number of nitrogens with zero attached hydrogens (tertiary/aromatic N) is 2. The van der Waals surface area contributed by atoms with Gasteiger partial charge in [-0.05, 0) is 41.5 Å². The van der Waals surface area contributed by atoms with Crippen molar-refractivity contribution in [2.75, 3.05) is 7.11 Å². The molecule has 1 aliphatic heterocycles. The Kier molecular flexibility index (Phi) is 5.31. The summed E-state index contributed by atoms with van der Waals surface area (Å²) in [6.45, 7) is -0.153. The minimum atomic E-state index is -4.56. The van der Waals surface area contributed by atoms with Crippen molar-refractivity contribution in [2.24, 2.45) is 0 Å². The van der Waals surface area contributed by atoms with Crippen LogP contribution in [-0.4, -0.2) is 38.7 Å². The summed E-state index contributed by atoms with van der Waals surface area (Å²) < 4.78 is 47.3. The van der Waals surface area contributed by atoms with Crippen molar-refractivity contribution < 1.29 is 32.6 Å². The second kappa shape index (κ2) is 8.51. The van der Waals surface area contributed by atoms with Crippen LogP contribution in [0.3, 0.4) is 0 Å². The highest BCUT2D eigenvalue weighted by molar-refractivity contribution is 6.07. The molecule has 6 rings (SSSR count). The van der Waals surface area contributed by atoms with Gasteiger partial charge in [0.15, 0.2) is 11.4 Å². The number of alkyl halides is 3. The molecule has 0 radical (unpaired) electrons. The highest BCUT2D eigenvalue weighted by Crippen LogP contribution is 2.38. The Morgan fingerprint density at radius 2 is 1.85 bits per heavy atom. The fourth-order valence-electron chi connectivity index (χ4n) is 4.99. The molecule has 39 heavy (non-hydrogen) atoms. The molecule has 3 aromatic carbocycles. The van der Waals surface area contributed by atoms with Gasteiger partial charge in [-0.25, -0.2) is 9.78 Å². The van der Waals surface area contributed by atoms with E-state index in [9.17, 15) is 27.9 Å². The molecule has 3 amide bonds. The number of nitrogens with one attached hydrogen (secondary N) is 3. The first-order chi connectivity index (χ1) is 18.6. The first-order valence-electron chi connectivity index (χ1n) is 11.7. The van der Waals surface area contributed by atoms with Crippen molar-refractivity contribution >= 4 is 33.7 Å². The van der Waals surface area contributed by atoms with Gasteiger partial charge in [-0.15, -0.1) is 0 Å². The van der Waals surface area contributed by atoms with Gasteiger partial charge in [0.2, 0.25) is 0 Å². The molecule has 1 aliphatic rings. The predicted molar refractivity (Wildman–Crippen MR) is 135 cm³/mol. The zero-order valence-electron chi connectivity index (χ0n) is 20.3. The first-order valence-corrected chi connectivity index (χ1v) is 11.7. The van der Waals surface area contributed by atoms with Crippen LogP contribution in [0.2, 0.25) is 0 Å². The smallest absolute Gasteiger partial charge is 0.416 e. The van der Waals surface area contributed by atoms with Gasteiger partial charge >= 0.3 is 12.2 Å². The van der Waals surface area contributed by atoms with Gasteiger partial charge in [-0.2, -0.15) is 13.2 Å². The lowest BCUT2D eigenvalue weighted by Crippen LogP contribution is -2.47. The molecule has 0 aliphatic carbocycles. The molecule has 0 spiro atoms. The van der Waals surface area contributed by atoms with E-state index in [-0.39, 0.29) is 23.5 Å². The quantitative estimate of drug-likeness (QED) is 0.244. The second-order valence-corrected chi connectivity index (χ2v) is 9.24. The zero-order valence-corrected chi connectivity index (χ0v) is 20.3. The number of halogens is 3. The SMILES string of the molecule is COc1ccc2cn(C[C@@]3(c4ccc(-c5cc(C(F)(F)F)cc6[nH]cnc56)cc4)NC(=O)NC3=O)c(O)c2c1. The summed E-state index contributed by atoms with van der Waals surface area (Å²) in [4.78, 5) is 32.3. The van der Waals surface area contributed by atoms with Crippen LogP contribution < -0.4 is 15.4 Å². The third-order valence-corrected chi connectivity index (χ3v) is 6.96. The third-order valence-electron chi connectivity index (χ3n) is 6.96. The number of imidazole rings is 1. The van der Waals surface area contributed by atoms with Crippen LogP contribution in [0, 0.1) is 0 Å². The first kappa shape index (κ1) is 24.3. The van der Waals surface area contributed by atoms with Crippen molar-refractivity contribution in [2.45, 2.75) is 18.3 Å². The summed E-state index contributed by atoms with van der Waals surface area (Å²) in [7, 11) is 1.50. The van der Waals surface area contributed by atoms with Crippen molar-refractivity contribution in [1.29, 1.82) is 0 Å². The number of aromatic nitrogens is 3. The molecule has 1 fully saturated rings. The number of hydrogen-bond donors (Lipinski definition) is 4. The molecular formula is C27H20F3N5O4. The number of imide groups is 1. The molecule has 0 bridgehead atoms. The van der Waals surface area contributed by atoms with Crippen LogP contribution in [-0.2, 0) is 23.1 Å². The molecule has 1 saturated heterocycles. The lowest BCUT2D eigenvalue weighted by Gasteiger charge is -2.27. The Labute approximate surface area is 218 Å². The number of carbonyl (C=O) groups is 2. The van der Waals surface area contributed by atoms with Gasteiger partial charge in [-0.1, -0.05) is 24.3 Å². The number of amides is 3. The van der Waals surface area contributed by atoms with Gasteiger partial charge in [0.1, 0.15) is 5.75 Å². The number of ether oxygens (including phenoxy) is 1. The lowest BCUT2D eigenvalue weighted by atomic mass is 9.88. The fraction of sp³-hybridized carbons (Fsp3) is 0.148. The Morgan fingerprint density at radius 3 is 2.51 bits per heavy atom. The van der Waals surface area contributed by atoms with Gasteiger partial charge in [0.25, 0.3) is 5.91 Å². The lowest BCUT2D eigenvalue weighted by molar-refractivity contribution is -0.137. The highest BCUT2D eigenvalue weighted by Gasteiger charge is 2.48. The number of rotatable bonds is 5. The summed E-state index contributed by atoms with van der Waals surface area (Å²) >= 11 is 0. The minimum Gasteiger partial charge on any atom is -0.497 e. The molecule has 1 atom stereocenters. The van der Waals surface area contributed by atoms with Crippen molar-refractivity contribution in [3.63, 3.8) is 0 Å². The van der Waals surface area contributed by atoms with E-state index in [1.54, 1.807) is 48.7 Å². The van der Waals surface area contributed by atoms with Gasteiger partial charge in [-0.3, -0.25) is 10.1 Å². The number of H-pyrrole nitrogens is 1. The average Bonchev–Trinajstić information content (AvgIpc) is 3.59.